The zero-order chi connectivity index (χ0) is 28.9. The van der Waals surface area contributed by atoms with E-state index in [9.17, 15) is 26.7 Å². The number of carbonyl (C=O) groups is 1. The summed E-state index contributed by atoms with van der Waals surface area (Å²) in [5.74, 6) is -1.55. The third kappa shape index (κ3) is 6.92. The van der Waals surface area contributed by atoms with Crippen LogP contribution >= 0.6 is 0 Å². The highest BCUT2D eigenvalue weighted by Crippen LogP contribution is 2.38. The smallest absolute Gasteiger partial charge is 0.428 e. The van der Waals surface area contributed by atoms with Crippen LogP contribution in [0.1, 0.15) is 67.7 Å². The molecule has 3 aromatic carbocycles. The van der Waals surface area contributed by atoms with E-state index in [1.165, 1.54) is 0 Å². The maximum atomic E-state index is 15.0. The van der Waals surface area contributed by atoms with Crippen molar-refractivity contribution < 1.29 is 31.5 Å². The predicted octanol–water partition coefficient (Wildman–Crippen LogP) is 7.91. The Morgan fingerprint density at radius 2 is 1.60 bits per heavy atom. The summed E-state index contributed by atoms with van der Waals surface area (Å²) >= 11 is 0. The fraction of sp³-hybridized carbons (Fsp3) is 0.387. The Morgan fingerprint density at radius 3 is 2.20 bits per heavy atom. The number of amides is 2. The second kappa shape index (κ2) is 12.3. The van der Waals surface area contributed by atoms with E-state index in [4.69, 9.17) is 0 Å². The Balaban J connectivity index is 1.88. The number of hydrogen-bond donors (Lipinski definition) is 2. The van der Waals surface area contributed by atoms with Crippen LogP contribution in [0.3, 0.4) is 0 Å². The highest BCUT2D eigenvalue weighted by atomic mass is 19.3. The number of hydrogen-bond acceptors (Lipinski definition) is 2. The molecule has 0 aromatic heterocycles. The fourth-order valence-corrected chi connectivity index (χ4v) is 5.17. The number of ether oxygens (including phenoxy) is 1. The molecule has 0 bridgehead atoms. The quantitative estimate of drug-likeness (QED) is 0.248. The van der Waals surface area contributed by atoms with E-state index in [-0.39, 0.29) is 23.9 Å². The van der Waals surface area contributed by atoms with Crippen molar-refractivity contribution in [3.05, 3.63) is 101 Å². The minimum Gasteiger partial charge on any atom is -0.428 e. The summed E-state index contributed by atoms with van der Waals surface area (Å²) in [6, 6.07) is 18.7. The number of alkyl halides is 4. The zero-order valence-electron chi connectivity index (χ0n) is 22.4. The summed E-state index contributed by atoms with van der Waals surface area (Å²) in [7, 11) is 0. The lowest BCUT2D eigenvalue weighted by atomic mass is 9.77. The second-order valence-electron chi connectivity index (χ2n) is 10.6. The summed E-state index contributed by atoms with van der Waals surface area (Å²) < 4.78 is 72.8. The molecule has 4 nitrogen and oxygen atoms in total. The van der Waals surface area contributed by atoms with Crippen LogP contribution in [0.5, 0.6) is 5.75 Å². The van der Waals surface area contributed by atoms with Gasteiger partial charge in [-0.3, -0.25) is 0 Å². The van der Waals surface area contributed by atoms with Gasteiger partial charge in [-0.2, -0.15) is 17.6 Å². The predicted molar refractivity (Wildman–Crippen MR) is 143 cm³/mol. The molecule has 1 fully saturated rings. The fourth-order valence-electron chi connectivity index (χ4n) is 5.17. The van der Waals surface area contributed by atoms with Crippen LogP contribution in [0, 0.1) is 5.82 Å². The molecule has 0 heterocycles. The summed E-state index contributed by atoms with van der Waals surface area (Å²) in [6.45, 7) is 4.05. The topological polar surface area (TPSA) is 50.4 Å². The average molecular weight is 561 g/mol. The monoisotopic (exact) mass is 560 g/mol. The van der Waals surface area contributed by atoms with E-state index in [2.05, 4.69) is 15.4 Å². The molecule has 0 saturated heterocycles. The summed E-state index contributed by atoms with van der Waals surface area (Å²) in [5.41, 5.74) is 0.934. The molecule has 3 aromatic rings. The van der Waals surface area contributed by atoms with Crippen molar-refractivity contribution in [2.75, 3.05) is 0 Å². The molecule has 4 rings (SSSR count). The van der Waals surface area contributed by atoms with Gasteiger partial charge >= 0.3 is 18.6 Å². The Kier molecular flexibility index (Phi) is 9.01. The molecule has 9 heteroatoms. The Hall–Kier alpha value is -3.62. The van der Waals surface area contributed by atoms with Gasteiger partial charge in [0.25, 0.3) is 0 Å². The lowest BCUT2D eigenvalue weighted by Crippen LogP contribution is -2.53. The molecule has 0 radical (unpaired) electrons. The van der Waals surface area contributed by atoms with Gasteiger partial charge in [0.05, 0.1) is 5.54 Å². The summed E-state index contributed by atoms with van der Waals surface area (Å²) in [6.07, 6.45) is -5.22. The van der Waals surface area contributed by atoms with Gasteiger partial charge < -0.3 is 15.4 Å². The highest BCUT2D eigenvalue weighted by Gasteiger charge is 2.45. The number of urea groups is 1. The first kappa shape index (κ1) is 29.4. The molecule has 1 saturated carbocycles. The van der Waals surface area contributed by atoms with Crippen LogP contribution in [0.4, 0.5) is 26.7 Å². The zero-order valence-corrected chi connectivity index (χ0v) is 22.4. The SMILES string of the molecule is CC(C)c1ccc([C@@](Cc2ccccc2)(NC(=O)NC2CCCC2)c2cc(F)cc(OC(F)(F)C(F)F)c2)cc1. The van der Waals surface area contributed by atoms with E-state index >= 15 is 0 Å². The normalized spacial score (nSPS) is 15.7. The van der Waals surface area contributed by atoms with Crippen molar-refractivity contribution >= 4 is 6.03 Å². The molecule has 214 valence electrons. The van der Waals surface area contributed by atoms with Gasteiger partial charge in [0, 0.05) is 18.5 Å². The van der Waals surface area contributed by atoms with E-state index in [1.54, 1.807) is 12.1 Å². The van der Waals surface area contributed by atoms with Gasteiger partial charge in [-0.15, -0.1) is 0 Å². The van der Waals surface area contributed by atoms with E-state index < -0.39 is 35.7 Å². The maximum absolute atomic E-state index is 15.0. The molecule has 2 amide bonds. The first-order valence-electron chi connectivity index (χ1n) is 13.4. The van der Waals surface area contributed by atoms with Crippen LogP contribution in [-0.4, -0.2) is 24.6 Å². The summed E-state index contributed by atoms with van der Waals surface area (Å²) in [5, 5.41) is 6.00. The Bertz CT molecular complexity index is 1280. The minimum absolute atomic E-state index is 0.0334. The molecular formula is C31H33F5N2O2. The van der Waals surface area contributed by atoms with Crippen LogP contribution in [0.25, 0.3) is 0 Å². The van der Waals surface area contributed by atoms with Crippen LogP contribution in [-0.2, 0) is 12.0 Å². The standard InChI is InChI=1S/C31H33F5N2O2/c1-20(2)22-12-14-23(15-13-22)30(19-21-8-4-3-5-9-21,38-29(39)37-26-10-6-7-11-26)24-16-25(32)18-27(17-24)40-31(35,36)28(33)34/h3-5,8-9,12-18,20,26,28H,6-7,10-11,19H2,1-2H3,(H2,37,38,39)/t30-/m1/s1. The van der Waals surface area contributed by atoms with Crippen LogP contribution in [0.15, 0.2) is 72.8 Å². The number of halogens is 5. The van der Waals surface area contributed by atoms with Gasteiger partial charge in [-0.25, -0.2) is 9.18 Å². The van der Waals surface area contributed by atoms with Crippen molar-refractivity contribution in [2.45, 2.75) is 76.0 Å². The Morgan fingerprint density at radius 1 is 0.950 bits per heavy atom. The number of carbonyl (C=O) groups excluding carboxylic acids is 1. The third-order valence-corrected chi connectivity index (χ3v) is 7.27. The van der Waals surface area contributed by atoms with E-state index in [0.717, 1.165) is 48.9 Å². The summed E-state index contributed by atoms with van der Waals surface area (Å²) in [4.78, 5) is 13.4. The van der Waals surface area contributed by atoms with Gasteiger partial charge in [0.1, 0.15) is 11.6 Å². The average Bonchev–Trinajstić information content (AvgIpc) is 3.41. The highest BCUT2D eigenvalue weighted by molar-refractivity contribution is 5.76. The molecule has 2 N–H and O–H groups in total. The lowest BCUT2D eigenvalue weighted by Gasteiger charge is -2.37. The number of rotatable bonds is 10. The van der Waals surface area contributed by atoms with Crippen LogP contribution in [0.2, 0.25) is 0 Å². The van der Waals surface area contributed by atoms with Gasteiger partial charge in [0.15, 0.2) is 0 Å². The minimum atomic E-state index is -4.83. The largest absolute Gasteiger partial charge is 0.461 e. The van der Waals surface area contributed by atoms with E-state index in [1.807, 2.05) is 56.3 Å². The molecule has 1 aliphatic carbocycles. The van der Waals surface area contributed by atoms with Crippen molar-refractivity contribution in [3.63, 3.8) is 0 Å². The molecular weight excluding hydrogens is 527 g/mol. The molecule has 1 aliphatic rings. The number of nitrogens with one attached hydrogen (secondary N) is 2. The van der Waals surface area contributed by atoms with Gasteiger partial charge in [0.2, 0.25) is 0 Å². The van der Waals surface area contributed by atoms with Crippen molar-refractivity contribution in [3.8, 4) is 5.75 Å². The molecule has 0 aliphatic heterocycles. The Labute approximate surface area is 230 Å². The molecule has 0 unspecified atom stereocenters. The lowest BCUT2D eigenvalue weighted by molar-refractivity contribution is -0.253. The second-order valence-corrected chi connectivity index (χ2v) is 10.6. The van der Waals surface area contributed by atoms with Crippen LogP contribution < -0.4 is 15.4 Å². The molecule has 40 heavy (non-hydrogen) atoms. The van der Waals surface area contributed by atoms with Crippen molar-refractivity contribution in [2.24, 2.45) is 0 Å². The first-order valence-corrected chi connectivity index (χ1v) is 13.4. The van der Waals surface area contributed by atoms with E-state index in [0.29, 0.717) is 11.6 Å². The third-order valence-electron chi connectivity index (χ3n) is 7.27. The maximum Gasteiger partial charge on any atom is 0.461 e. The number of benzene rings is 3. The van der Waals surface area contributed by atoms with Crippen molar-refractivity contribution in [1.29, 1.82) is 0 Å². The van der Waals surface area contributed by atoms with Crippen molar-refractivity contribution in [1.82, 2.24) is 10.6 Å². The molecule has 1 atom stereocenters. The van der Waals surface area contributed by atoms with Gasteiger partial charge in [-0.1, -0.05) is 81.3 Å². The van der Waals surface area contributed by atoms with Gasteiger partial charge in [-0.05, 0) is 53.1 Å². The molecule has 0 spiro atoms. The first-order chi connectivity index (χ1) is 19.0.